The fraction of sp³-hybridized carbons (Fsp3) is 0.294. The van der Waals surface area contributed by atoms with Gasteiger partial charge in [-0.3, -0.25) is 4.31 Å². The Morgan fingerprint density at radius 3 is 3.00 bits per heavy atom. The number of urea groups is 1. The van der Waals surface area contributed by atoms with Gasteiger partial charge in [0, 0.05) is 30.3 Å². The first-order chi connectivity index (χ1) is 11.7. The van der Waals surface area contributed by atoms with E-state index < -0.39 is 0 Å². The van der Waals surface area contributed by atoms with Gasteiger partial charge in [0.1, 0.15) is 5.03 Å². The summed E-state index contributed by atoms with van der Waals surface area (Å²) in [6.45, 7) is 3.48. The van der Waals surface area contributed by atoms with Gasteiger partial charge in [0.05, 0.1) is 20.3 Å². The number of nitrogens with one attached hydrogen (secondary N) is 1. The van der Waals surface area contributed by atoms with Crippen LogP contribution in [0.3, 0.4) is 0 Å². The third-order valence-corrected chi connectivity index (χ3v) is 4.61. The molecule has 2 amide bonds. The van der Waals surface area contributed by atoms with Crippen LogP contribution in [-0.4, -0.2) is 29.0 Å². The smallest absolute Gasteiger partial charge is 0.328 e. The number of hydrogen-bond acceptors (Lipinski definition) is 5. The van der Waals surface area contributed by atoms with E-state index in [2.05, 4.69) is 10.3 Å². The average molecular weight is 345 g/mol. The second-order valence-electron chi connectivity index (χ2n) is 5.17. The van der Waals surface area contributed by atoms with Crippen molar-refractivity contribution in [2.24, 2.45) is 0 Å². The number of aromatic nitrogens is 1. The molecule has 1 aromatic carbocycles. The van der Waals surface area contributed by atoms with Crippen molar-refractivity contribution in [2.45, 2.75) is 25.0 Å². The highest BCUT2D eigenvalue weighted by molar-refractivity contribution is 7.97. The Balaban J connectivity index is 1.59. The third-order valence-electron chi connectivity index (χ3n) is 3.56. The number of ether oxygens (including phenoxy) is 2. The van der Waals surface area contributed by atoms with Crippen molar-refractivity contribution in [1.29, 1.82) is 0 Å². The maximum absolute atomic E-state index is 12.3. The minimum absolute atomic E-state index is 0.133. The van der Waals surface area contributed by atoms with E-state index in [0.29, 0.717) is 31.2 Å². The van der Waals surface area contributed by atoms with E-state index in [1.54, 1.807) is 17.6 Å². The highest BCUT2D eigenvalue weighted by Gasteiger charge is 2.25. The predicted molar refractivity (Wildman–Crippen MR) is 92.0 cm³/mol. The number of hydrogen-bond donors (Lipinski definition) is 1. The molecule has 0 radical (unpaired) electrons. The maximum Gasteiger partial charge on any atom is 0.328 e. The Morgan fingerprint density at radius 2 is 2.25 bits per heavy atom. The molecule has 1 aliphatic rings. The molecule has 0 atom stereocenters. The Morgan fingerprint density at radius 1 is 1.38 bits per heavy atom. The van der Waals surface area contributed by atoms with Crippen LogP contribution < -0.4 is 14.8 Å². The fourth-order valence-corrected chi connectivity index (χ4v) is 3.31. The lowest BCUT2D eigenvalue weighted by molar-refractivity contribution is 0.225. The maximum atomic E-state index is 12.3. The second-order valence-corrected chi connectivity index (χ2v) is 6.18. The monoisotopic (exact) mass is 345 g/mol. The summed E-state index contributed by atoms with van der Waals surface area (Å²) in [6.07, 6.45) is 1.74. The number of carbonyl (C=O) groups excluding carboxylic acids is 1. The van der Waals surface area contributed by atoms with Crippen molar-refractivity contribution < 1.29 is 14.3 Å². The van der Waals surface area contributed by atoms with E-state index in [9.17, 15) is 4.79 Å². The summed E-state index contributed by atoms with van der Waals surface area (Å²) in [5, 5.41) is 3.81. The van der Waals surface area contributed by atoms with Crippen molar-refractivity contribution in [3.63, 3.8) is 0 Å². The van der Waals surface area contributed by atoms with Crippen molar-refractivity contribution >= 4 is 18.0 Å². The standard InChI is InChI=1S/C17H19N3O3S/c1-3-23-14-7-6-12(9-15(14)22-2)10-19-17(21)20-11-13-5-4-8-18-16(13)24-20/h4-9H,3,10-11H2,1-2H3,(H,19,21). The van der Waals surface area contributed by atoms with Gasteiger partial charge in [0.25, 0.3) is 0 Å². The number of pyridine rings is 1. The largest absolute Gasteiger partial charge is 0.493 e. The molecule has 0 saturated carbocycles. The summed E-state index contributed by atoms with van der Waals surface area (Å²) in [5.74, 6) is 1.36. The van der Waals surface area contributed by atoms with Crippen LogP contribution in [0.15, 0.2) is 41.6 Å². The van der Waals surface area contributed by atoms with Crippen molar-refractivity contribution in [2.75, 3.05) is 13.7 Å². The molecule has 2 aromatic rings. The van der Waals surface area contributed by atoms with E-state index in [0.717, 1.165) is 16.2 Å². The molecule has 0 bridgehead atoms. The molecule has 1 aliphatic heterocycles. The van der Waals surface area contributed by atoms with E-state index in [4.69, 9.17) is 9.47 Å². The van der Waals surface area contributed by atoms with Crippen LogP contribution in [0.1, 0.15) is 18.1 Å². The van der Waals surface area contributed by atoms with Gasteiger partial charge in [-0.25, -0.2) is 9.78 Å². The van der Waals surface area contributed by atoms with E-state index >= 15 is 0 Å². The summed E-state index contributed by atoms with van der Waals surface area (Å²) in [7, 11) is 1.60. The van der Waals surface area contributed by atoms with Gasteiger partial charge in [0.15, 0.2) is 11.5 Å². The van der Waals surface area contributed by atoms with Crippen LogP contribution in [0.2, 0.25) is 0 Å². The van der Waals surface area contributed by atoms with Crippen LogP contribution in [0.25, 0.3) is 0 Å². The molecule has 126 valence electrons. The number of methoxy groups -OCH3 is 1. The van der Waals surface area contributed by atoms with Crippen LogP contribution >= 0.6 is 11.9 Å². The summed E-state index contributed by atoms with van der Waals surface area (Å²) in [5.41, 5.74) is 2.02. The summed E-state index contributed by atoms with van der Waals surface area (Å²) < 4.78 is 12.5. The Bertz CT molecular complexity index is 714. The summed E-state index contributed by atoms with van der Waals surface area (Å²) >= 11 is 1.36. The minimum Gasteiger partial charge on any atom is -0.493 e. The highest BCUT2D eigenvalue weighted by Crippen LogP contribution is 2.33. The lowest BCUT2D eigenvalue weighted by Gasteiger charge is -2.15. The molecule has 0 aliphatic carbocycles. The fourth-order valence-electron chi connectivity index (χ4n) is 2.39. The number of benzene rings is 1. The van der Waals surface area contributed by atoms with E-state index in [1.807, 2.05) is 37.3 Å². The molecule has 2 heterocycles. The number of nitrogens with zero attached hydrogens (tertiary/aromatic N) is 2. The number of carbonyl (C=O) groups is 1. The molecule has 24 heavy (non-hydrogen) atoms. The zero-order valence-corrected chi connectivity index (χ0v) is 14.4. The van der Waals surface area contributed by atoms with Gasteiger partial charge in [0.2, 0.25) is 0 Å². The molecule has 0 spiro atoms. The zero-order valence-electron chi connectivity index (χ0n) is 13.6. The molecule has 0 fully saturated rings. The Hall–Kier alpha value is -2.41. The number of rotatable bonds is 5. The Kier molecular flexibility index (Phi) is 5.10. The summed E-state index contributed by atoms with van der Waals surface area (Å²) in [4.78, 5) is 16.6. The normalized spacial score (nSPS) is 12.7. The lowest BCUT2D eigenvalue weighted by atomic mass is 10.2. The quantitative estimate of drug-likeness (QED) is 0.843. The molecule has 0 saturated heterocycles. The van der Waals surface area contributed by atoms with Gasteiger partial charge in [-0.2, -0.15) is 0 Å². The van der Waals surface area contributed by atoms with Crippen LogP contribution in [-0.2, 0) is 13.1 Å². The van der Waals surface area contributed by atoms with Gasteiger partial charge < -0.3 is 14.8 Å². The van der Waals surface area contributed by atoms with E-state index in [-0.39, 0.29) is 6.03 Å². The average Bonchev–Trinajstić information content (AvgIpc) is 3.05. The lowest BCUT2D eigenvalue weighted by Crippen LogP contribution is -2.32. The first-order valence-electron chi connectivity index (χ1n) is 7.68. The van der Waals surface area contributed by atoms with Crippen LogP contribution in [0, 0.1) is 0 Å². The van der Waals surface area contributed by atoms with Crippen LogP contribution in [0.4, 0.5) is 4.79 Å². The minimum atomic E-state index is -0.133. The van der Waals surface area contributed by atoms with E-state index in [1.165, 1.54) is 11.9 Å². The second kappa shape index (κ2) is 7.44. The number of amides is 2. The first kappa shape index (κ1) is 16.4. The molecule has 1 N–H and O–H groups in total. The molecule has 1 aromatic heterocycles. The van der Waals surface area contributed by atoms with Crippen molar-refractivity contribution in [1.82, 2.24) is 14.6 Å². The summed E-state index contributed by atoms with van der Waals surface area (Å²) in [6, 6.07) is 9.38. The van der Waals surface area contributed by atoms with Gasteiger partial charge in [-0.05, 0) is 30.7 Å². The molecule has 0 unspecified atom stereocenters. The SMILES string of the molecule is CCOc1ccc(CNC(=O)N2Cc3cccnc3S2)cc1OC. The Labute approximate surface area is 145 Å². The topological polar surface area (TPSA) is 63.7 Å². The molecule has 7 heteroatoms. The number of fused-ring (bicyclic) bond motifs is 1. The van der Waals surface area contributed by atoms with Crippen molar-refractivity contribution in [3.05, 3.63) is 47.7 Å². The van der Waals surface area contributed by atoms with Gasteiger partial charge in [-0.15, -0.1) is 0 Å². The zero-order chi connectivity index (χ0) is 16.9. The predicted octanol–water partition coefficient (Wildman–Crippen LogP) is 3.22. The molecular weight excluding hydrogens is 326 g/mol. The first-order valence-corrected chi connectivity index (χ1v) is 8.45. The highest BCUT2D eigenvalue weighted by atomic mass is 32.2. The third kappa shape index (κ3) is 3.56. The molecule has 6 nitrogen and oxygen atoms in total. The van der Waals surface area contributed by atoms with Crippen LogP contribution in [0.5, 0.6) is 11.5 Å². The molecular formula is C17H19N3O3S. The van der Waals surface area contributed by atoms with Gasteiger partial charge in [-0.1, -0.05) is 12.1 Å². The van der Waals surface area contributed by atoms with Gasteiger partial charge >= 0.3 is 6.03 Å². The van der Waals surface area contributed by atoms with Crippen molar-refractivity contribution in [3.8, 4) is 11.5 Å². The molecule has 3 rings (SSSR count).